The number of rotatable bonds is 5. The molecule has 2 amide bonds. The van der Waals surface area contributed by atoms with Crippen molar-refractivity contribution in [3.8, 4) is 0 Å². The molecule has 2 saturated heterocycles. The van der Waals surface area contributed by atoms with Gasteiger partial charge < -0.3 is 19.8 Å². The van der Waals surface area contributed by atoms with Crippen molar-refractivity contribution in [1.29, 1.82) is 0 Å². The van der Waals surface area contributed by atoms with Gasteiger partial charge in [-0.3, -0.25) is 14.3 Å². The summed E-state index contributed by atoms with van der Waals surface area (Å²) in [5.74, 6) is 0.863. The molecule has 0 bridgehead atoms. The number of hydrogen-bond donors (Lipinski definition) is 1. The van der Waals surface area contributed by atoms with Gasteiger partial charge in [0.25, 0.3) is 5.91 Å². The topological polar surface area (TPSA) is 81.9 Å². The molecule has 1 aromatic carbocycles. The number of likely N-dealkylation sites (tertiary alicyclic amines) is 1. The first-order valence-electron chi connectivity index (χ1n) is 14.5. The van der Waals surface area contributed by atoms with Gasteiger partial charge in [0.1, 0.15) is 13.2 Å². The molecule has 3 aliphatic carbocycles. The normalized spacial score (nSPS) is 26.0. The molecule has 0 radical (unpaired) electrons. The third kappa shape index (κ3) is 4.07. The Kier molecular flexibility index (Phi) is 5.64. The first kappa shape index (κ1) is 25.1. The Morgan fingerprint density at radius 3 is 2.59 bits per heavy atom. The van der Waals surface area contributed by atoms with Crippen LogP contribution in [0.1, 0.15) is 70.9 Å². The highest BCUT2D eigenvalue weighted by Gasteiger charge is 2.54. The fraction of sp³-hybridized carbons (Fsp3) is 0.633. The van der Waals surface area contributed by atoms with Gasteiger partial charge >= 0.3 is 0 Å². The van der Waals surface area contributed by atoms with Gasteiger partial charge in [0.15, 0.2) is 5.69 Å². The minimum atomic E-state index is -1.33. The molecule has 39 heavy (non-hydrogen) atoms. The molecule has 2 aromatic rings. The standard InChI is InChI=1S/C30H38FN5O3/c1-19-4-3-5-23(20(19)2)34-12-13-35(29(18-34)6-7-29)25(37)16-36-24-15-21-14-22(21)26(24)27(32-36)28(38)33-10-8-30(39,17-31)9-11-33/h3-5,21-22,39H,6-18H2,1-2H3/t21-,22-/m1/s1. The SMILES string of the molecule is Cc1cccc(N2CCN(C(=O)Cn3nc(C(=O)N4CCC(O)(CF)CC4)c4c3C[C@H]3C[C@@H]43)C3(CC3)C2)c1C. The van der Waals surface area contributed by atoms with Crippen LogP contribution in [-0.4, -0.2) is 87.0 Å². The van der Waals surface area contributed by atoms with Crippen LogP contribution in [0.3, 0.4) is 0 Å². The second kappa shape index (κ2) is 8.78. The minimum absolute atomic E-state index is 0.0870. The molecule has 5 aliphatic rings. The number of aliphatic hydroxyl groups is 1. The first-order valence-corrected chi connectivity index (χ1v) is 14.5. The molecule has 2 saturated carbocycles. The molecule has 7 rings (SSSR count). The fourth-order valence-electron chi connectivity index (χ4n) is 7.33. The molecule has 1 spiro atoms. The van der Waals surface area contributed by atoms with E-state index < -0.39 is 12.3 Å². The summed E-state index contributed by atoms with van der Waals surface area (Å²) < 4.78 is 15.0. The van der Waals surface area contributed by atoms with Crippen molar-refractivity contribution in [2.75, 3.05) is 44.3 Å². The number of aryl methyl sites for hydroxylation is 1. The number of hydrogen-bond acceptors (Lipinski definition) is 5. The minimum Gasteiger partial charge on any atom is -0.387 e. The molecule has 4 fully saturated rings. The number of benzene rings is 1. The molecule has 2 atom stereocenters. The van der Waals surface area contributed by atoms with Gasteiger partial charge in [-0.2, -0.15) is 5.10 Å². The van der Waals surface area contributed by atoms with Crippen molar-refractivity contribution in [2.45, 2.75) is 76.0 Å². The molecular weight excluding hydrogens is 497 g/mol. The van der Waals surface area contributed by atoms with Gasteiger partial charge in [-0.05, 0) is 81.4 Å². The highest BCUT2D eigenvalue weighted by atomic mass is 19.1. The number of piperazine rings is 1. The highest BCUT2D eigenvalue weighted by Crippen LogP contribution is 2.57. The van der Waals surface area contributed by atoms with Crippen molar-refractivity contribution >= 4 is 17.5 Å². The van der Waals surface area contributed by atoms with Crippen molar-refractivity contribution in [2.24, 2.45) is 5.92 Å². The maximum atomic E-state index is 13.8. The predicted molar refractivity (Wildman–Crippen MR) is 145 cm³/mol. The average Bonchev–Trinajstić information content (AvgIpc) is 3.81. The lowest BCUT2D eigenvalue weighted by Gasteiger charge is -2.44. The van der Waals surface area contributed by atoms with E-state index in [1.54, 1.807) is 4.90 Å². The second-order valence-electron chi connectivity index (χ2n) is 12.7. The number of halogens is 1. The van der Waals surface area contributed by atoms with E-state index in [1.807, 2.05) is 4.68 Å². The zero-order valence-electron chi connectivity index (χ0n) is 23.0. The average molecular weight is 536 g/mol. The third-order valence-corrected chi connectivity index (χ3v) is 10.3. The van der Waals surface area contributed by atoms with Gasteiger partial charge in [0, 0.05) is 49.7 Å². The van der Waals surface area contributed by atoms with E-state index in [0.717, 1.165) is 50.0 Å². The summed E-state index contributed by atoms with van der Waals surface area (Å²) in [6, 6.07) is 6.45. The lowest BCUT2D eigenvalue weighted by atomic mass is 9.92. The van der Waals surface area contributed by atoms with Crippen LogP contribution < -0.4 is 4.90 Å². The summed E-state index contributed by atoms with van der Waals surface area (Å²) in [5.41, 5.74) is 4.97. The summed E-state index contributed by atoms with van der Waals surface area (Å²) in [5, 5.41) is 15.0. The van der Waals surface area contributed by atoms with Crippen LogP contribution in [-0.2, 0) is 17.8 Å². The van der Waals surface area contributed by atoms with Crippen LogP contribution in [0, 0.1) is 19.8 Å². The van der Waals surface area contributed by atoms with E-state index in [1.165, 1.54) is 16.8 Å². The molecule has 9 heteroatoms. The van der Waals surface area contributed by atoms with Gasteiger partial charge in [-0.25, -0.2) is 4.39 Å². The summed E-state index contributed by atoms with van der Waals surface area (Å²) in [7, 11) is 0. The number of anilines is 1. The van der Waals surface area contributed by atoms with E-state index >= 15 is 0 Å². The Balaban J connectivity index is 1.08. The number of carbonyl (C=O) groups is 2. The molecule has 0 unspecified atom stereocenters. The van der Waals surface area contributed by atoms with E-state index in [9.17, 15) is 19.1 Å². The Morgan fingerprint density at radius 1 is 1.10 bits per heavy atom. The van der Waals surface area contributed by atoms with E-state index in [-0.39, 0.29) is 36.7 Å². The number of alkyl halides is 1. The van der Waals surface area contributed by atoms with Gasteiger partial charge in [-0.1, -0.05) is 12.1 Å². The van der Waals surface area contributed by atoms with Gasteiger partial charge in [0.05, 0.1) is 11.1 Å². The quantitative estimate of drug-likeness (QED) is 0.637. The Labute approximate surface area is 228 Å². The summed E-state index contributed by atoms with van der Waals surface area (Å²) in [6.45, 7) is 6.70. The van der Waals surface area contributed by atoms with Crippen molar-refractivity contribution in [3.05, 3.63) is 46.3 Å². The Bertz CT molecular complexity index is 1340. The molecule has 1 N–H and O–H groups in total. The maximum Gasteiger partial charge on any atom is 0.274 e. The largest absolute Gasteiger partial charge is 0.387 e. The molecule has 1 aromatic heterocycles. The van der Waals surface area contributed by atoms with Crippen LogP contribution in [0.4, 0.5) is 10.1 Å². The van der Waals surface area contributed by atoms with Crippen LogP contribution in [0.25, 0.3) is 0 Å². The number of aromatic nitrogens is 2. The van der Waals surface area contributed by atoms with Crippen molar-refractivity contribution in [1.82, 2.24) is 19.6 Å². The molecule has 2 aliphatic heterocycles. The summed E-state index contributed by atoms with van der Waals surface area (Å²) in [4.78, 5) is 33.5. The second-order valence-corrected chi connectivity index (χ2v) is 12.7. The van der Waals surface area contributed by atoms with Crippen LogP contribution in [0.15, 0.2) is 18.2 Å². The van der Waals surface area contributed by atoms with Crippen LogP contribution in [0.2, 0.25) is 0 Å². The van der Waals surface area contributed by atoms with Gasteiger partial charge in [0.2, 0.25) is 5.91 Å². The number of piperidine rings is 1. The van der Waals surface area contributed by atoms with Crippen LogP contribution in [0.5, 0.6) is 0 Å². The lowest BCUT2D eigenvalue weighted by molar-refractivity contribution is -0.135. The summed E-state index contributed by atoms with van der Waals surface area (Å²) in [6.07, 6.45) is 4.47. The van der Waals surface area contributed by atoms with Gasteiger partial charge in [-0.15, -0.1) is 0 Å². The van der Waals surface area contributed by atoms with E-state index in [2.05, 4.69) is 41.8 Å². The fourth-order valence-corrected chi connectivity index (χ4v) is 7.33. The van der Waals surface area contributed by atoms with Crippen LogP contribution >= 0.6 is 0 Å². The lowest BCUT2D eigenvalue weighted by Crippen LogP contribution is -2.58. The summed E-state index contributed by atoms with van der Waals surface area (Å²) >= 11 is 0. The zero-order chi connectivity index (χ0) is 27.1. The molecule has 8 nitrogen and oxygen atoms in total. The third-order valence-electron chi connectivity index (χ3n) is 10.3. The number of nitrogens with zero attached hydrogens (tertiary/aromatic N) is 5. The molecule has 3 heterocycles. The zero-order valence-corrected chi connectivity index (χ0v) is 23.0. The van der Waals surface area contributed by atoms with E-state index in [4.69, 9.17) is 5.10 Å². The number of fused-ring (bicyclic) bond motifs is 3. The number of amides is 2. The smallest absolute Gasteiger partial charge is 0.274 e. The number of carbonyl (C=O) groups excluding carboxylic acids is 2. The van der Waals surface area contributed by atoms with Crippen molar-refractivity contribution in [3.63, 3.8) is 0 Å². The first-order chi connectivity index (χ1) is 18.7. The predicted octanol–water partition coefficient (Wildman–Crippen LogP) is 2.98. The Hall–Kier alpha value is -2.94. The molecule has 208 valence electrons. The monoisotopic (exact) mass is 535 g/mol. The van der Waals surface area contributed by atoms with Crippen molar-refractivity contribution < 1.29 is 19.1 Å². The Morgan fingerprint density at radius 2 is 1.87 bits per heavy atom. The highest BCUT2D eigenvalue weighted by molar-refractivity contribution is 5.95. The van der Waals surface area contributed by atoms with E-state index in [0.29, 0.717) is 37.2 Å². The maximum absolute atomic E-state index is 13.8. The molecular formula is C30H38FN5O3.